The fourth-order valence-electron chi connectivity index (χ4n) is 3.07. The first-order chi connectivity index (χ1) is 10.1. The molecule has 0 aliphatic carbocycles. The molecule has 0 rings (SSSR count). The first-order valence-electron chi connectivity index (χ1n) is 9.24. The van der Waals surface area contributed by atoms with Crippen molar-refractivity contribution in [3.8, 4) is 0 Å². The molecule has 0 saturated heterocycles. The van der Waals surface area contributed by atoms with Gasteiger partial charge in [-0.15, -0.1) is 0 Å². The Kier molecular flexibility index (Phi) is 13.5. The Morgan fingerprint density at radius 3 is 1.48 bits per heavy atom. The number of methoxy groups -OCH3 is 2. The molecule has 0 aromatic carbocycles. The smallest absolute Gasteiger partial charge is 0.167 e. The van der Waals surface area contributed by atoms with E-state index in [1.54, 1.807) is 14.2 Å². The summed E-state index contributed by atoms with van der Waals surface area (Å²) in [4.78, 5) is 0. The van der Waals surface area contributed by atoms with Crippen molar-refractivity contribution in [3.63, 3.8) is 0 Å². The summed E-state index contributed by atoms with van der Waals surface area (Å²) < 4.78 is 11.4. The van der Waals surface area contributed by atoms with Gasteiger partial charge in [0.15, 0.2) is 5.79 Å². The van der Waals surface area contributed by atoms with Gasteiger partial charge in [-0.2, -0.15) is 0 Å². The van der Waals surface area contributed by atoms with Crippen molar-refractivity contribution in [2.75, 3.05) is 14.2 Å². The van der Waals surface area contributed by atoms with E-state index < -0.39 is 5.79 Å². The molecule has 0 aliphatic heterocycles. The van der Waals surface area contributed by atoms with Gasteiger partial charge in [0.1, 0.15) is 0 Å². The van der Waals surface area contributed by atoms with Crippen LogP contribution in [0.3, 0.4) is 0 Å². The summed E-state index contributed by atoms with van der Waals surface area (Å²) >= 11 is 0. The molecule has 1 unspecified atom stereocenters. The number of unbranched alkanes of at least 4 members (excludes halogenated alkanes) is 8. The maximum atomic E-state index is 5.68. The first kappa shape index (κ1) is 20.9. The van der Waals surface area contributed by atoms with Gasteiger partial charge < -0.3 is 9.47 Å². The number of hydrogen-bond donors (Lipinski definition) is 0. The number of rotatable bonds is 15. The molecule has 0 amide bonds. The van der Waals surface area contributed by atoms with Crippen molar-refractivity contribution in [1.82, 2.24) is 0 Å². The van der Waals surface area contributed by atoms with Crippen LogP contribution in [0.25, 0.3) is 0 Å². The normalized spacial score (nSPS) is 13.6. The second-order valence-corrected chi connectivity index (χ2v) is 6.53. The minimum Gasteiger partial charge on any atom is -0.353 e. The van der Waals surface area contributed by atoms with Crippen LogP contribution in [0.1, 0.15) is 97.8 Å². The van der Waals surface area contributed by atoms with E-state index in [2.05, 4.69) is 20.8 Å². The van der Waals surface area contributed by atoms with Crippen LogP contribution in [0.4, 0.5) is 0 Å². The summed E-state index contributed by atoms with van der Waals surface area (Å²) in [5.41, 5.74) is 0. The van der Waals surface area contributed by atoms with Gasteiger partial charge in [0.2, 0.25) is 0 Å². The Morgan fingerprint density at radius 1 is 0.667 bits per heavy atom. The Morgan fingerprint density at radius 2 is 1.05 bits per heavy atom. The molecule has 2 nitrogen and oxygen atoms in total. The van der Waals surface area contributed by atoms with Crippen LogP contribution in [-0.4, -0.2) is 20.0 Å². The summed E-state index contributed by atoms with van der Waals surface area (Å²) in [6, 6.07) is 0. The largest absolute Gasteiger partial charge is 0.353 e. The van der Waals surface area contributed by atoms with Crippen LogP contribution in [-0.2, 0) is 9.47 Å². The highest BCUT2D eigenvalue weighted by Gasteiger charge is 2.33. The fourth-order valence-corrected chi connectivity index (χ4v) is 3.07. The molecule has 0 aromatic rings. The van der Waals surface area contributed by atoms with Crippen LogP contribution in [0.5, 0.6) is 0 Å². The standard InChI is InChI=1S/C19H40O2/c1-6-8-10-12-13-15-17-18(16-14-11-9-7-2)19(3,20-4)21-5/h18H,6-17H2,1-5H3. The molecule has 0 spiro atoms. The zero-order valence-electron chi connectivity index (χ0n) is 15.4. The molecule has 0 bridgehead atoms. The lowest BCUT2D eigenvalue weighted by Crippen LogP contribution is -2.39. The number of hydrogen-bond acceptors (Lipinski definition) is 2. The molecule has 0 N–H and O–H groups in total. The van der Waals surface area contributed by atoms with E-state index in [4.69, 9.17) is 9.47 Å². The molecule has 128 valence electrons. The van der Waals surface area contributed by atoms with Crippen LogP contribution in [0.15, 0.2) is 0 Å². The summed E-state index contributed by atoms with van der Waals surface area (Å²) in [5, 5.41) is 0. The maximum Gasteiger partial charge on any atom is 0.167 e. The molecule has 2 heteroatoms. The average Bonchev–Trinajstić information content (AvgIpc) is 2.51. The van der Waals surface area contributed by atoms with Crippen LogP contribution >= 0.6 is 0 Å². The van der Waals surface area contributed by atoms with Crippen molar-refractivity contribution >= 4 is 0 Å². The topological polar surface area (TPSA) is 18.5 Å². The summed E-state index contributed by atoms with van der Waals surface area (Å²) in [5.74, 6) is 0.117. The summed E-state index contributed by atoms with van der Waals surface area (Å²) in [7, 11) is 3.56. The van der Waals surface area contributed by atoms with E-state index in [-0.39, 0.29) is 0 Å². The zero-order valence-corrected chi connectivity index (χ0v) is 15.4. The third-order valence-corrected chi connectivity index (χ3v) is 4.86. The highest BCUT2D eigenvalue weighted by molar-refractivity contribution is 4.75. The minimum absolute atomic E-state index is 0.407. The van der Waals surface area contributed by atoms with Crippen molar-refractivity contribution in [1.29, 1.82) is 0 Å². The monoisotopic (exact) mass is 300 g/mol. The van der Waals surface area contributed by atoms with Crippen molar-refractivity contribution < 1.29 is 9.47 Å². The highest BCUT2D eigenvalue weighted by atomic mass is 16.7. The highest BCUT2D eigenvalue weighted by Crippen LogP contribution is 2.31. The Hall–Kier alpha value is -0.0800. The molecule has 0 radical (unpaired) electrons. The second kappa shape index (κ2) is 13.6. The van der Waals surface area contributed by atoms with E-state index in [0.717, 1.165) is 0 Å². The van der Waals surface area contributed by atoms with E-state index in [1.165, 1.54) is 77.0 Å². The third kappa shape index (κ3) is 9.52. The van der Waals surface area contributed by atoms with E-state index in [1.807, 2.05) is 0 Å². The molecule has 0 saturated carbocycles. The van der Waals surface area contributed by atoms with Crippen LogP contribution in [0, 0.1) is 5.92 Å². The molecular weight excluding hydrogens is 260 g/mol. The lowest BCUT2D eigenvalue weighted by atomic mass is 9.87. The van der Waals surface area contributed by atoms with E-state index in [0.29, 0.717) is 5.92 Å². The molecule has 21 heavy (non-hydrogen) atoms. The van der Waals surface area contributed by atoms with Crippen molar-refractivity contribution in [2.24, 2.45) is 5.92 Å². The summed E-state index contributed by atoms with van der Waals surface area (Å²) in [6.07, 6.45) is 15.9. The molecular formula is C19H40O2. The fraction of sp³-hybridized carbons (Fsp3) is 1.00. The van der Waals surface area contributed by atoms with Gasteiger partial charge in [0.25, 0.3) is 0 Å². The Bertz CT molecular complexity index is 212. The lowest BCUT2D eigenvalue weighted by Gasteiger charge is -2.35. The van der Waals surface area contributed by atoms with E-state index >= 15 is 0 Å². The summed E-state index contributed by atoms with van der Waals surface area (Å²) in [6.45, 7) is 6.64. The molecule has 0 fully saturated rings. The van der Waals surface area contributed by atoms with Gasteiger partial charge in [-0.05, 0) is 19.8 Å². The second-order valence-electron chi connectivity index (χ2n) is 6.53. The van der Waals surface area contributed by atoms with Gasteiger partial charge in [-0.3, -0.25) is 0 Å². The molecule has 1 atom stereocenters. The molecule has 0 heterocycles. The first-order valence-corrected chi connectivity index (χ1v) is 9.24. The molecule has 0 aliphatic rings. The van der Waals surface area contributed by atoms with Crippen LogP contribution < -0.4 is 0 Å². The third-order valence-electron chi connectivity index (χ3n) is 4.86. The van der Waals surface area contributed by atoms with E-state index in [9.17, 15) is 0 Å². The van der Waals surface area contributed by atoms with Crippen molar-refractivity contribution in [2.45, 2.75) is 104 Å². The SMILES string of the molecule is CCCCCCCCC(CCCCCC)C(C)(OC)OC. The minimum atomic E-state index is -0.407. The number of ether oxygens (including phenoxy) is 2. The van der Waals surface area contributed by atoms with Gasteiger partial charge in [-0.1, -0.05) is 78.1 Å². The van der Waals surface area contributed by atoms with Gasteiger partial charge in [-0.25, -0.2) is 0 Å². The van der Waals surface area contributed by atoms with Crippen molar-refractivity contribution in [3.05, 3.63) is 0 Å². The maximum absolute atomic E-state index is 5.68. The molecule has 0 aromatic heterocycles. The quantitative estimate of drug-likeness (QED) is 0.260. The Labute approximate surface area is 134 Å². The average molecular weight is 301 g/mol. The van der Waals surface area contributed by atoms with Gasteiger partial charge >= 0.3 is 0 Å². The van der Waals surface area contributed by atoms with Gasteiger partial charge in [0.05, 0.1) is 0 Å². The van der Waals surface area contributed by atoms with Crippen LogP contribution in [0.2, 0.25) is 0 Å². The Balaban J connectivity index is 4.12. The van der Waals surface area contributed by atoms with Gasteiger partial charge in [0, 0.05) is 20.1 Å². The predicted octanol–water partition coefficient (Wildman–Crippen LogP) is 6.33. The lowest BCUT2D eigenvalue weighted by molar-refractivity contribution is -0.230. The predicted molar refractivity (Wildman–Crippen MR) is 92.7 cm³/mol. The zero-order chi connectivity index (χ0) is 16.0.